The molecule has 9 fully saturated rings. The first kappa shape index (κ1) is 36.7. The van der Waals surface area contributed by atoms with Crippen LogP contribution in [0, 0.1) is 56.7 Å². The molecule has 2 spiro atoms. The number of likely N-dealkylation sites (N-methyl/N-ethyl adjacent to an activating group) is 1. The van der Waals surface area contributed by atoms with Crippen LogP contribution in [0.5, 0.6) is 0 Å². The number of morpholine rings is 1. The summed E-state index contributed by atoms with van der Waals surface area (Å²) in [5, 5.41) is 12.7. The van der Waals surface area contributed by atoms with Gasteiger partial charge >= 0.3 is 6.09 Å². The van der Waals surface area contributed by atoms with Crippen molar-refractivity contribution in [1.82, 2.24) is 14.7 Å². The molecule has 9 aliphatic rings. The zero-order valence-corrected chi connectivity index (χ0v) is 34.0. The number of fused-ring (bicyclic) bond motifs is 4. The first-order valence-electron chi connectivity index (χ1n) is 21.5. The standard InChI is InChI=1S/C43H71N3O6/c1-26(2)34(52-37(48)45-17-10-18-45)28-21-27(3)33-35(50-28)36(47)41(8)30-12-11-29-38(4,5)31(13-14-42(29)23-43(30,42)16-15-40(33,41)7)51-32-22-46(19-20-49-32)39(6)24-44(9)25-39/h26-36,47H,10-25H2,1-9H3/t27-,28-,29+,30+,31+,32+,33+,34-,35+,36+,40-,41-,42-,43+/m1/s1. The summed E-state index contributed by atoms with van der Waals surface area (Å²) in [6, 6.07) is 0. The lowest BCUT2D eigenvalue weighted by molar-refractivity contribution is -0.258. The average molecular weight is 726 g/mol. The van der Waals surface area contributed by atoms with E-state index in [1.807, 2.05) is 0 Å². The number of hydrogen-bond acceptors (Lipinski definition) is 8. The molecule has 1 N–H and O–H groups in total. The first-order valence-corrected chi connectivity index (χ1v) is 21.5. The van der Waals surface area contributed by atoms with Crippen molar-refractivity contribution in [2.75, 3.05) is 52.9 Å². The lowest BCUT2D eigenvalue weighted by Gasteiger charge is -2.64. The highest BCUT2D eigenvalue weighted by Gasteiger charge is 2.84. The van der Waals surface area contributed by atoms with E-state index in [0.717, 1.165) is 65.1 Å². The van der Waals surface area contributed by atoms with Crippen LogP contribution in [0.2, 0.25) is 0 Å². The minimum Gasteiger partial charge on any atom is -0.443 e. The molecule has 4 aliphatic heterocycles. The minimum absolute atomic E-state index is 0.0154. The van der Waals surface area contributed by atoms with Gasteiger partial charge in [-0.3, -0.25) is 4.90 Å². The Balaban J connectivity index is 0.925. The highest BCUT2D eigenvalue weighted by molar-refractivity contribution is 5.68. The van der Waals surface area contributed by atoms with Crippen molar-refractivity contribution in [1.29, 1.82) is 0 Å². The molecule has 9 nitrogen and oxygen atoms in total. The fourth-order valence-corrected chi connectivity index (χ4v) is 15.8. The number of hydrogen-bond donors (Lipinski definition) is 1. The maximum Gasteiger partial charge on any atom is 0.410 e. The molecule has 0 radical (unpaired) electrons. The van der Waals surface area contributed by atoms with Crippen LogP contribution >= 0.6 is 0 Å². The van der Waals surface area contributed by atoms with Gasteiger partial charge in [-0.05, 0) is 123 Å². The van der Waals surface area contributed by atoms with Crippen molar-refractivity contribution in [3.8, 4) is 0 Å². The quantitative estimate of drug-likeness (QED) is 0.337. The van der Waals surface area contributed by atoms with Crippen molar-refractivity contribution < 1.29 is 28.8 Å². The second kappa shape index (κ2) is 12.0. The van der Waals surface area contributed by atoms with Crippen LogP contribution in [0.1, 0.15) is 113 Å². The number of carbonyl (C=O) groups excluding carboxylic acids is 1. The summed E-state index contributed by atoms with van der Waals surface area (Å²) >= 11 is 0. The zero-order valence-electron chi connectivity index (χ0n) is 34.0. The summed E-state index contributed by atoms with van der Waals surface area (Å²) in [7, 11) is 2.21. The molecule has 4 saturated heterocycles. The van der Waals surface area contributed by atoms with Gasteiger partial charge in [-0.15, -0.1) is 0 Å². The molecule has 4 heterocycles. The smallest absolute Gasteiger partial charge is 0.410 e. The Morgan fingerprint density at radius 2 is 1.65 bits per heavy atom. The highest BCUT2D eigenvalue weighted by atomic mass is 16.7. The van der Waals surface area contributed by atoms with E-state index in [-0.39, 0.29) is 64.5 Å². The van der Waals surface area contributed by atoms with E-state index in [9.17, 15) is 9.90 Å². The minimum atomic E-state index is -0.514. The summed E-state index contributed by atoms with van der Waals surface area (Å²) in [4.78, 5) is 19.8. The number of amides is 1. The number of ether oxygens (including phenoxy) is 4. The molecule has 14 atom stereocenters. The zero-order chi connectivity index (χ0) is 36.8. The van der Waals surface area contributed by atoms with Gasteiger partial charge in [0.25, 0.3) is 0 Å². The van der Waals surface area contributed by atoms with Gasteiger partial charge in [0.05, 0.1) is 37.6 Å². The maximum absolute atomic E-state index is 13.0. The Morgan fingerprint density at radius 3 is 2.33 bits per heavy atom. The Morgan fingerprint density at radius 1 is 0.942 bits per heavy atom. The second-order valence-corrected chi connectivity index (χ2v) is 21.5. The third kappa shape index (κ3) is 4.83. The lowest BCUT2D eigenvalue weighted by Crippen LogP contribution is -2.70. The van der Waals surface area contributed by atoms with Crippen molar-refractivity contribution >= 4 is 6.09 Å². The van der Waals surface area contributed by atoms with Gasteiger partial charge in [0.2, 0.25) is 0 Å². The molecule has 0 aromatic carbocycles. The fourth-order valence-electron chi connectivity index (χ4n) is 15.8. The molecular weight excluding hydrogens is 654 g/mol. The summed E-state index contributed by atoms with van der Waals surface area (Å²) < 4.78 is 26.6. The predicted octanol–water partition coefficient (Wildman–Crippen LogP) is 6.41. The van der Waals surface area contributed by atoms with Gasteiger partial charge < -0.3 is 33.9 Å². The summed E-state index contributed by atoms with van der Waals surface area (Å²) in [5.41, 5.74) is 0.777. The Labute approximate surface area is 314 Å². The number of likely N-dealkylation sites (tertiary alicyclic amines) is 2. The van der Waals surface area contributed by atoms with Gasteiger partial charge in [-0.1, -0.05) is 48.5 Å². The van der Waals surface area contributed by atoms with E-state index in [2.05, 4.69) is 72.2 Å². The molecule has 294 valence electrons. The number of aliphatic hydroxyl groups is 1. The van der Waals surface area contributed by atoms with Crippen LogP contribution in [0.3, 0.4) is 0 Å². The third-order valence-corrected chi connectivity index (χ3v) is 18.5. The summed E-state index contributed by atoms with van der Waals surface area (Å²) in [5.74, 6) is 1.99. The van der Waals surface area contributed by atoms with Gasteiger partial charge in [0.15, 0.2) is 6.29 Å². The van der Waals surface area contributed by atoms with Crippen molar-refractivity contribution in [2.45, 2.75) is 156 Å². The van der Waals surface area contributed by atoms with Crippen LogP contribution in [0.25, 0.3) is 0 Å². The molecule has 0 aromatic rings. The fraction of sp³-hybridized carbons (Fsp3) is 0.977. The second-order valence-electron chi connectivity index (χ2n) is 21.5. The molecule has 52 heavy (non-hydrogen) atoms. The third-order valence-electron chi connectivity index (χ3n) is 18.5. The molecule has 0 unspecified atom stereocenters. The number of carbonyl (C=O) groups is 1. The molecule has 5 aliphatic carbocycles. The Bertz CT molecular complexity index is 1410. The number of nitrogens with zero attached hydrogens (tertiary/aromatic N) is 3. The van der Waals surface area contributed by atoms with E-state index in [4.69, 9.17) is 18.9 Å². The molecule has 0 bridgehead atoms. The largest absolute Gasteiger partial charge is 0.443 e. The van der Waals surface area contributed by atoms with E-state index in [1.165, 1.54) is 38.5 Å². The van der Waals surface area contributed by atoms with Crippen molar-refractivity contribution in [3.05, 3.63) is 0 Å². The topological polar surface area (TPSA) is 83.9 Å². The van der Waals surface area contributed by atoms with Crippen LogP contribution in [0.15, 0.2) is 0 Å². The molecule has 9 rings (SSSR count). The number of aliphatic hydroxyl groups excluding tert-OH is 1. The molecular formula is C43H71N3O6. The van der Waals surface area contributed by atoms with Gasteiger partial charge in [0, 0.05) is 43.7 Å². The SMILES string of the molecule is CC(C)[C@@H](OC(=O)N1CCC1)[C@H]1C[C@@H](C)[C@H]2[C@H](O1)[C@H](O)[C@@]1(C)[C@@H]3CC[C@H]4C(C)(C)[C@@H](O[C@H]5CN(C6(C)CN(C)C6)CCO5)CC[C@@]45C[C@@]35CC[C@]21C. The van der Waals surface area contributed by atoms with Crippen molar-refractivity contribution in [2.24, 2.45) is 56.7 Å². The summed E-state index contributed by atoms with van der Waals surface area (Å²) in [6.45, 7) is 25.6. The molecule has 0 aromatic heterocycles. The lowest BCUT2D eigenvalue weighted by atomic mass is 9.41. The van der Waals surface area contributed by atoms with Crippen molar-refractivity contribution in [3.63, 3.8) is 0 Å². The normalized spacial score (nSPS) is 51.1. The monoisotopic (exact) mass is 726 g/mol. The predicted molar refractivity (Wildman–Crippen MR) is 199 cm³/mol. The molecule has 5 saturated carbocycles. The van der Waals surface area contributed by atoms with Gasteiger partial charge in [-0.25, -0.2) is 4.79 Å². The van der Waals surface area contributed by atoms with E-state index < -0.39 is 6.10 Å². The first-order chi connectivity index (χ1) is 24.5. The van der Waals surface area contributed by atoms with E-state index >= 15 is 0 Å². The van der Waals surface area contributed by atoms with E-state index in [1.54, 1.807) is 4.90 Å². The van der Waals surface area contributed by atoms with Gasteiger partial charge in [0.1, 0.15) is 6.10 Å². The van der Waals surface area contributed by atoms with Crippen LogP contribution in [0.4, 0.5) is 4.79 Å². The summed E-state index contributed by atoms with van der Waals surface area (Å²) in [6.07, 6.45) is 9.09. The maximum atomic E-state index is 13.0. The molecule has 1 amide bonds. The van der Waals surface area contributed by atoms with E-state index in [0.29, 0.717) is 34.5 Å². The molecule has 9 heteroatoms. The van der Waals surface area contributed by atoms with Crippen LogP contribution in [-0.2, 0) is 18.9 Å². The Hall–Kier alpha value is -0.970. The highest BCUT2D eigenvalue weighted by Crippen LogP contribution is 2.89. The number of rotatable bonds is 6. The Kier molecular flexibility index (Phi) is 8.47. The van der Waals surface area contributed by atoms with Gasteiger partial charge in [-0.2, -0.15) is 0 Å². The average Bonchev–Trinajstić information content (AvgIpc) is 3.68. The van der Waals surface area contributed by atoms with Crippen LogP contribution < -0.4 is 0 Å². The van der Waals surface area contributed by atoms with Crippen LogP contribution in [-0.4, -0.2) is 121 Å².